The maximum atomic E-state index is 15.0. The van der Waals surface area contributed by atoms with E-state index in [4.69, 9.17) is 21.3 Å². The normalized spacial score (nSPS) is 26.9. The van der Waals surface area contributed by atoms with E-state index in [0.29, 0.717) is 31.0 Å². The average molecular weight is 554 g/mol. The molecule has 1 spiro atoms. The fourth-order valence-corrected chi connectivity index (χ4v) is 7.13. The number of rotatable bonds is 3. The van der Waals surface area contributed by atoms with E-state index in [1.54, 1.807) is 28.0 Å². The minimum absolute atomic E-state index is 0.0922. The molecular weight excluding hydrogens is 521 g/mol. The number of pyridine rings is 1. The number of carbonyl (C=O) groups excluding carboxylic acids is 2. The van der Waals surface area contributed by atoms with Crippen molar-refractivity contribution in [2.45, 2.75) is 31.8 Å². The third kappa shape index (κ3) is 4.17. The first-order valence-electron chi connectivity index (χ1n) is 13.5. The molecule has 39 heavy (non-hydrogen) atoms. The largest absolute Gasteiger partial charge is 0.489 e. The number of hydrogen-bond donors (Lipinski definition) is 0. The Bertz CT molecular complexity index is 1350. The zero-order valence-corrected chi connectivity index (χ0v) is 23.1. The summed E-state index contributed by atoms with van der Waals surface area (Å²) in [5, 5.41) is 0.119. The minimum atomic E-state index is -0.447. The van der Waals surface area contributed by atoms with E-state index in [-0.39, 0.29) is 57.9 Å². The van der Waals surface area contributed by atoms with E-state index in [2.05, 4.69) is 30.4 Å². The zero-order chi connectivity index (χ0) is 27.5. The molecule has 3 fully saturated rings. The second kappa shape index (κ2) is 9.78. The van der Waals surface area contributed by atoms with E-state index < -0.39 is 5.82 Å². The molecule has 0 radical (unpaired) electrons. The third-order valence-corrected chi connectivity index (χ3v) is 9.47. The van der Waals surface area contributed by atoms with Gasteiger partial charge in [-0.1, -0.05) is 30.3 Å². The van der Waals surface area contributed by atoms with Gasteiger partial charge in [-0.25, -0.2) is 9.37 Å². The number of benzene rings is 1. The van der Waals surface area contributed by atoms with Crippen LogP contribution in [-0.4, -0.2) is 96.5 Å². The molecule has 2 aromatic rings. The molecule has 6 rings (SSSR count). The first kappa shape index (κ1) is 26.1. The molecule has 1 unspecified atom stereocenters. The van der Waals surface area contributed by atoms with Crippen LogP contribution in [-0.2, 0) is 4.79 Å². The number of halogens is 2. The fraction of sp³-hybridized carbons (Fsp3) is 0.483. The SMILES string of the molecule is C=CC(=O)N1CCN2C(=O)c3c(N4CCC5(CCN(C)C5)[C@@H]4C)nc(-c4ccccc4F)c(Cl)c3OC[C@H]2C1. The molecule has 1 aromatic carbocycles. The highest BCUT2D eigenvalue weighted by molar-refractivity contribution is 6.35. The van der Waals surface area contributed by atoms with Gasteiger partial charge >= 0.3 is 0 Å². The van der Waals surface area contributed by atoms with Crippen molar-refractivity contribution in [3.63, 3.8) is 0 Å². The van der Waals surface area contributed by atoms with Gasteiger partial charge in [0.15, 0.2) is 5.75 Å². The number of fused-ring (bicyclic) bond motifs is 2. The van der Waals surface area contributed by atoms with Gasteiger partial charge in [0.2, 0.25) is 5.91 Å². The maximum Gasteiger partial charge on any atom is 0.261 e. The zero-order valence-electron chi connectivity index (χ0n) is 22.3. The van der Waals surface area contributed by atoms with Crippen molar-refractivity contribution in [3.8, 4) is 17.0 Å². The summed E-state index contributed by atoms with van der Waals surface area (Å²) in [6.07, 6.45) is 3.34. The monoisotopic (exact) mass is 553 g/mol. The number of ether oxygens (including phenoxy) is 1. The quantitative estimate of drug-likeness (QED) is 0.540. The Morgan fingerprint density at radius 2 is 1.97 bits per heavy atom. The smallest absolute Gasteiger partial charge is 0.261 e. The molecule has 10 heteroatoms. The van der Waals surface area contributed by atoms with Crippen molar-refractivity contribution in [3.05, 3.63) is 53.3 Å². The summed E-state index contributed by atoms with van der Waals surface area (Å²) >= 11 is 6.90. The Kier molecular flexibility index (Phi) is 6.54. The van der Waals surface area contributed by atoms with Crippen LogP contribution < -0.4 is 9.64 Å². The summed E-state index contributed by atoms with van der Waals surface area (Å²) in [4.78, 5) is 39.5. The van der Waals surface area contributed by atoms with Crippen LogP contribution in [0.15, 0.2) is 36.9 Å². The van der Waals surface area contributed by atoms with Gasteiger partial charge in [-0.05, 0) is 51.6 Å². The molecule has 0 bridgehead atoms. The maximum absolute atomic E-state index is 15.0. The molecule has 4 aliphatic heterocycles. The Labute approximate surface area is 233 Å². The number of nitrogens with zero attached hydrogens (tertiary/aromatic N) is 5. The van der Waals surface area contributed by atoms with Crippen molar-refractivity contribution >= 4 is 29.2 Å². The van der Waals surface area contributed by atoms with Crippen LogP contribution in [0.3, 0.4) is 0 Å². The van der Waals surface area contributed by atoms with Gasteiger partial charge in [0, 0.05) is 49.7 Å². The van der Waals surface area contributed by atoms with Gasteiger partial charge in [-0.3, -0.25) is 9.59 Å². The van der Waals surface area contributed by atoms with E-state index in [1.165, 1.54) is 12.1 Å². The number of piperazine rings is 1. The molecule has 0 aliphatic carbocycles. The average Bonchev–Trinajstić information content (AvgIpc) is 3.43. The molecule has 2 amide bonds. The standard InChI is InChI=1S/C29H33ClFN5O3/c1-4-22(37)34-13-14-36-19(15-34)16-39-26-23(28(36)38)27(32-25(24(26)30)20-7-5-6-8-21(20)31)35-12-10-29(18(35)2)9-11-33(3)17-29/h4-8,18-19H,1,9-17H2,2-3H3/t18-,19+,29?/m0/s1. The summed E-state index contributed by atoms with van der Waals surface area (Å²) in [5.74, 6) is -0.125. The van der Waals surface area contributed by atoms with Crippen molar-refractivity contribution in [1.82, 2.24) is 19.7 Å². The number of anilines is 1. The van der Waals surface area contributed by atoms with Gasteiger partial charge in [-0.2, -0.15) is 0 Å². The summed E-state index contributed by atoms with van der Waals surface area (Å²) in [7, 11) is 2.14. The van der Waals surface area contributed by atoms with Crippen molar-refractivity contribution in [1.29, 1.82) is 0 Å². The minimum Gasteiger partial charge on any atom is -0.489 e. The highest BCUT2D eigenvalue weighted by atomic mass is 35.5. The Balaban J connectivity index is 1.48. The third-order valence-electron chi connectivity index (χ3n) is 9.12. The van der Waals surface area contributed by atoms with Crippen LogP contribution in [0.1, 0.15) is 30.1 Å². The first-order valence-corrected chi connectivity index (χ1v) is 13.9. The number of aromatic nitrogens is 1. The van der Waals surface area contributed by atoms with Crippen molar-refractivity contribution in [2.75, 3.05) is 57.8 Å². The van der Waals surface area contributed by atoms with Gasteiger partial charge in [0.25, 0.3) is 5.91 Å². The topological polar surface area (TPSA) is 69.2 Å². The Morgan fingerprint density at radius 1 is 1.21 bits per heavy atom. The lowest BCUT2D eigenvalue weighted by atomic mass is 9.80. The predicted molar refractivity (Wildman–Crippen MR) is 148 cm³/mol. The van der Waals surface area contributed by atoms with E-state index in [1.807, 2.05) is 0 Å². The van der Waals surface area contributed by atoms with Gasteiger partial charge in [0.1, 0.15) is 28.8 Å². The van der Waals surface area contributed by atoms with E-state index in [9.17, 15) is 9.59 Å². The molecule has 5 heterocycles. The summed E-state index contributed by atoms with van der Waals surface area (Å²) in [6, 6.07) is 6.13. The number of likely N-dealkylation sites (tertiary alicyclic amines) is 1. The van der Waals surface area contributed by atoms with E-state index >= 15 is 4.39 Å². The Morgan fingerprint density at radius 3 is 2.69 bits per heavy atom. The van der Waals surface area contributed by atoms with Crippen LogP contribution >= 0.6 is 11.6 Å². The van der Waals surface area contributed by atoms with E-state index in [0.717, 1.165) is 32.5 Å². The summed E-state index contributed by atoms with van der Waals surface area (Å²) < 4.78 is 21.3. The number of hydrogen-bond acceptors (Lipinski definition) is 6. The molecule has 4 aliphatic rings. The van der Waals surface area contributed by atoms with Crippen molar-refractivity contribution < 1.29 is 18.7 Å². The number of carbonyl (C=O) groups is 2. The fourth-order valence-electron chi connectivity index (χ4n) is 6.84. The van der Waals surface area contributed by atoms with Gasteiger partial charge in [0.05, 0.1) is 11.7 Å². The Hall–Kier alpha value is -3.17. The molecule has 8 nitrogen and oxygen atoms in total. The first-order chi connectivity index (χ1) is 18.7. The second-order valence-corrected chi connectivity index (χ2v) is 11.6. The van der Waals surface area contributed by atoms with Gasteiger partial charge in [-0.15, -0.1) is 0 Å². The molecular formula is C29H33ClFN5O3. The lowest BCUT2D eigenvalue weighted by molar-refractivity contribution is -0.128. The van der Waals surface area contributed by atoms with Crippen molar-refractivity contribution in [2.24, 2.45) is 5.41 Å². The van der Waals surface area contributed by atoms with Crippen LogP contribution in [0.5, 0.6) is 5.75 Å². The summed E-state index contributed by atoms with van der Waals surface area (Å²) in [6.45, 7) is 9.78. The number of amides is 2. The molecule has 206 valence electrons. The highest BCUT2D eigenvalue weighted by Crippen LogP contribution is 2.49. The van der Waals surface area contributed by atoms with Crippen LogP contribution in [0.25, 0.3) is 11.3 Å². The molecule has 0 N–H and O–H groups in total. The molecule has 1 aromatic heterocycles. The van der Waals surface area contributed by atoms with Crippen LogP contribution in [0.4, 0.5) is 10.2 Å². The van der Waals surface area contributed by atoms with Gasteiger partial charge < -0.3 is 24.3 Å². The summed E-state index contributed by atoms with van der Waals surface area (Å²) in [5.41, 5.74) is 0.932. The van der Waals surface area contributed by atoms with Crippen LogP contribution in [0.2, 0.25) is 5.02 Å². The lowest BCUT2D eigenvalue weighted by Gasteiger charge is -2.39. The second-order valence-electron chi connectivity index (χ2n) is 11.2. The predicted octanol–water partition coefficient (Wildman–Crippen LogP) is 3.69. The lowest BCUT2D eigenvalue weighted by Crippen LogP contribution is -2.57. The highest BCUT2D eigenvalue weighted by Gasteiger charge is 2.50. The molecule has 3 saturated heterocycles. The van der Waals surface area contributed by atoms with Crippen LogP contribution in [0, 0.1) is 11.2 Å². The molecule has 0 saturated carbocycles. The molecule has 3 atom stereocenters.